The van der Waals surface area contributed by atoms with Crippen molar-refractivity contribution in [3.8, 4) is 0 Å². The number of benzene rings is 1. The highest BCUT2D eigenvalue weighted by atomic mass is 15.2. The minimum atomic E-state index is 0.495. The van der Waals surface area contributed by atoms with E-state index in [0.717, 1.165) is 29.8 Å². The lowest BCUT2D eigenvalue weighted by Crippen LogP contribution is -2.21. The molecular formula is C12H16N4. The Bertz CT molecular complexity index is 495. The molecule has 84 valence electrons. The van der Waals surface area contributed by atoms with Gasteiger partial charge in [-0.25, -0.2) is 9.97 Å². The molecule has 0 atom stereocenters. The van der Waals surface area contributed by atoms with Crippen LogP contribution < -0.4 is 10.6 Å². The lowest BCUT2D eigenvalue weighted by molar-refractivity contribution is 0.839. The second kappa shape index (κ2) is 4.35. The van der Waals surface area contributed by atoms with Crippen LogP contribution in [0.4, 0.5) is 11.6 Å². The van der Waals surface area contributed by atoms with Crippen LogP contribution in [0.3, 0.4) is 0 Å². The van der Waals surface area contributed by atoms with Crippen molar-refractivity contribution >= 4 is 22.7 Å². The Balaban J connectivity index is 2.49. The van der Waals surface area contributed by atoms with Crippen molar-refractivity contribution in [2.45, 2.75) is 13.3 Å². The Morgan fingerprint density at radius 2 is 1.81 bits per heavy atom. The number of para-hydroxylation sites is 2. The molecule has 0 unspecified atom stereocenters. The standard InChI is InChI=1S/C12H16N4/c1-3-8-16(2)12-11(13)14-9-6-4-5-7-10(9)15-12/h4-7H,3,8H2,1-2H3,(H2,13,14). The van der Waals surface area contributed by atoms with E-state index in [-0.39, 0.29) is 0 Å². The Hall–Kier alpha value is -1.84. The molecular weight excluding hydrogens is 200 g/mol. The first-order valence-electron chi connectivity index (χ1n) is 5.45. The van der Waals surface area contributed by atoms with Gasteiger partial charge in [-0.3, -0.25) is 0 Å². The van der Waals surface area contributed by atoms with Crippen LogP contribution in [0.2, 0.25) is 0 Å². The van der Waals surface area contributed by atoms with Gasteiger partial charge in [-0.1, -0.05) is 19.1 Å². The van der Waals surface area contributed by atoms with Crippen molar-refractivity contribution in [2.75, 3.05) is 24.2 Å². The molecule has 0 saturated carbocycles. The first-order chi connectivity index (χ1) is 7.72. The summed E-state index contributed by atoms with van der Waals surface area (Å²) in [6.07, 6.45) is 1.06. The van der Waals surface area contributed by atoms with E-state index in [2.05, 4.69) is 16.9 Å². The highest BCUT2D eigenvalue weighted by molar-refractivity contribution is 5.79. The van der Waals surface area contributed by atoms with Gasteiger partial charge in [-0.15, -0.1) is 0 Å². The maximum Gasteiger partial charge on any atom is 0.171 e. The van der Waals surface area contributed by atoms with Crippen LogP contribution in [0.5, 0.6) is 0 Å². The van der Waals surface area contributed by atoms with E-state index in [1.807, 2.05) is 36.2 Å². The van der Waals surface area contributed by atoms with Gasteiger partial charge in [-0.05, 0) is 18.6 Å². The molecule has 1 aromatic carbocycles. The number of hydrogen-bond donors (Lipinski definition) is 1. The second-order valence-electron chi connectivity index (χ2n) is 3.84. The van der Waals surface area contributed by atoms with Crippen molar-refractivity contribution in [2.24, 2.45) is 0 Å². The van der Waals surface area contributed by atoms with Crippen molar-refractivity contribution in [1.29, 1.82) is 0 Å². The number of aromatic nitrogens is 2. The molecule has 0 bridgehead atoms. The Morgan fingerprint density at radius 1 is 1.19 bits per heavy atom. The number of hydrogen-bond acceptors (Lipinski definition) is 4. The number of nitrogens with two attached hydrogens (primary N) is 1. The predicted octanol–water partition coefficient (Wildman–Crippen LogP) is 2.06. The molecule has 0 aliphatic heterocycles. The van der Waals surface area contributed by atoms with E-state index < -0.39 is 0 Å². The summed E-state index contributed by atoms with van der Waals surface area (Å²) in [4.78, 5) is 10.9. The molecule has 2 aromatic rings. The summed E-state index contributed by atoms with van der Waals surface area (Å²) >= 11 is 0. The van der Waals surface area contributed by atoms with Gasteiger partial charge in [0.05, 0.1) is 11.0 Å². The molecule has 0 spiro atoms. The van der Waals surface area contributed by atoms with Gasteiger partial charge < -0.3 is 10.6 Å². The normalized spacial score (nSPS) is 10.6. The first kappa shape index (κ1) is 10.7. The van der Waals surface area contributed by atoms with Crippen molar-refractivity contribution < 1.29 is 0 Å². The zero-order valence-electron chi connectivity index (χ0n) is 9.64. The van der Waals surface area contributed by atoms with Crippen molar-refractivity contribution in [1.82, 2.24) is 9.97 Å². The van der Waals surface area contributed by atoms with E-state index in [1.165, 1.54) is 0 Å². The minimum Gasteiger partial charge on any atom is -0.381 e. The fourth-order valence-corrected chi connectivity index (χ4v) is 1.73. The van der Waals surface area contributed by atoms with Crippen molar-refractivity contribution in [3.05, 3.63) is 24.3 Å². The molecule has 1 aromatic heterocycles. The lowest BCUT2D eigenvalue weighted by atomic mass is 10.3. The fourth-order valence-electron chi connectivity index (χ4n) is 1.73. The molecule has 16 heavy (non-hydrogen) atoms. The monoisotopic (exact) mass is 216 g/mol. The largest absolute Gasteiger partial charge is 0.381 e. The third kappa shape index (κ3) is 1.91. The van der Waals surface area contributed by atoms with Gasteiger partial charge in [-0.2, -0.15) is 0 Å². The molecule has 0 amide bonds. The number of fused-ring (bicyclic) bond motifs is 1. The molecule has 1 heterocycles. The Labute approximate surface area is 95.1 Å². The van der Waals surface area contributed by atoms with E-state index in [0.29, 0.717) is 5.82 Å². The van der Waals surface area contributed by atoms with Crippen molar-refractivity contribution in [3.63, 3.8) is 0 Å². The summed E-state index contributed by atoms with van der Waals surface area (Å²) in [5, 5.41) is 0. The summed E-state index contributed by atoms with van der Waals surface area (Å²) < 4.78 is 0. The molecule has 4 heteroatoms. The summed E-state index contributed by atoms with van der Waals surface area (Å²) in [5.41, 5.74) is 7.63. The van der Waals surface area contributed by atoms with E-state index >= 15 is 0 Å². The smallest absolute Gasteiger partial charge is 0.171 e. The van der Waals surface area contributed by atoms with E-state index in [9.17, 15) is 0 Å². The molecule has 0 aliphatic carbocycles. The van der Waals surface area contributed by atoms with Crippen LogP contribution >= 0.6 is 0 Å². The van der Waals surface area contributed by atoms with Crippen LogP contribution in [0, 0.1) is 0 Å². The highest BCUT2D eigenvalue weighted by Crippen LogP contribution is 2.21. The highest BCUT2D eigenvalue weighted by Gasteiger charge is 2.09. The zero-order valence-corrected chi connectivity index (χ0v) is 9.64. The molecule has 2 rings (SSSR count). The van der Waals surface area contributed by atoms with Gasteiger partial charge in [0, 0.05) is 13.6 Å². The predicted molar refractivity (Wildman–Crippen MR) is 67.5 cm³/mol. The maximum atomic E-state index is 5.90. The first-order valence-corrected chi connectivity index (χ1v) is 5.45. The van der Waals surface area contributed by atoms with Crippen LogP contribution in [-0.2, 0) is 0 Å². The molecule has 0 aliphatic rings. The number of rotatable bonds is 3. The van der Waals surface area contributed by atoms with Crippen LogP contribution in [0.15, 0.2) is 24.3 Å². The lowest BCUT2D eigenvalue weighted by Gasteiger charge is -2.18. The Kier molecular flexibility index (Phi) is 2.90. The van der Waals surface area contributed by atoms with Gasteiger partial charge in [0.2, 0.25) is 0 Å². The third-order valence-electron chi connectivity index (χ3n) is 2.50. The van der Waals surface area contributed by atoms with Crippen LogP contribution in [-0.4, -0.2) is 23.6 Å². The van der Waals surface area contributed by atoms with E-state index in [4.69, 9.17) is 5.73 Å². The third-order valence-corrected chi connectivity index (χ3v) is 2.50. The summed E-state index contributed by atoms with van der Waals surface area (Å²) in [5.74, 6) is 1.26. The van der Waals surface area contributed by atoms with Crippen LogP contribution in [0.25, 0.3) is 11.0 Å². The number of anilines is 2. The molecule has 0 saturated heterocycles. The second-order valence-corrected chi connectivity index (χ2v) is 3.84. The molecule has 0 fully saturated rings. The molecule has 2 N–H and O–H groups in total. The van der Waals surface area contributed by atoms with Gasteiger partial charge in [0.15, 0.2) is 11.6 Å². The Morgan fingerprint density at radius 3 is 2.44 bits per heavy atom. The topological polar surface area (TPSA) is 55.0 Å². The SMILES string of the molecule is CCCN(C)c1nc2ccccc2nc1N. The van der Waals surface area contributed by atoms with Gasteiger partial charge in [0.1, 0.15) is 0 Å². The molecule has 0 radical (unpaired) electrons. The fraction of sp³-hybridized carbons (Fsp3) is 0.333. The average molecular weight is 216 g/mol. The zero-order chi connectivity index (χ0) is 11.5. The maximum absolute atomic E-state index is 5.90. The summed E-state index contributed by atoms with van der Waals surface area (Å²) in [7, 11) is 1.98. The average Bonchev–Trinajstić information content (AvgIpc) is 2.28. The minimum absolute atomic E-state index is 0.495. The van der Waals surface area contributed by atoms with Gasteiger partial charge >= 0.3 is 0 Å². The summed E-state index contributed by atoms with van der Waals surface area (Å²) in [6.45, 7) is 3.05. The molecule has 4 nitrogen and oxygen atoms in total. The summed E-state index contributed by atoms with van der Waals surface area (Å²) in [6, 6.07) is 7.76. The number of nitrogens with zero attached hydrogens (tertiary/aromatic N) is 3. The van der Waals surface area contributed by atoms with Crippen LogP contribution in [0.1, 0.15) is 13.3 Å². The quantitative estimate of drug-likeness (QED) is 0.853. The van der Waals surface area contributed by atoms with Gasteiger partial charge in [0.25, 0.3) is 0 Å². The van der Waals surface area contributed by atoms with E-state index in [1.54, 1.807) is 0 Å². The number of nitrogen functional groups attached to an aromatic ring is 1.